The maximum Gasteiger partial charge on any atom is 0.373 e. The number of aromatic amines is 1. The smallest absolute Gasteiger partial charge is 0.373 e. The van der Waals surface area contributed by atoms with Crippen molar-refractivity contribution >= 4 is 5.97 Å². The van der Waals surface area contributed by atoms with E-state index in [1.807, 2.05) is 0 Å². The fourth-order valence-corrected chi connectivity index (χ4v) is 1.54. The van der Waals surface area contributed by atoms with Crippen LogP contribution in [0.2, 0.25) is 0 Å². The SMILES string of the molecule is COC(=O)c1ccc(CNCCc2ncc[nH]2)o1. The molecule has 0 bridgehead atoms. The highest BCUT2D eigenvalue weighted by atomic mass is 16.5. The number of aromatic nitrogens is 2. The van der Waals surface area contributed by atoms with Crippen molar-refractivity contribution < 1.29 is 13.9 Å². The molecule has 18 heavy (non-hydrogen) atoms. The predicted octanol–water partition coefficient (Wildman–Crippen LogP) is 1.12. The summed E-state index contributed by atoms with van der Waals surface area (Å²) >= 11 is 0. The van der Waals surface area contributed by atoms with E-state index < -0.39 is 5.97 Å². The van der Waals surface area contributed by atoms with Crippen molar-refractivity contribution in [2.75, 3.05) is 13.7 Å². The lowest BCUT2D eigenvalue weighted by molar-refractivity contribution is 0.0563. The van der Waals surface area contributed by atoms with Crippen LogP contribution in [0.25, 0.3) is 0 Å². The van der Waals surface area contributed by atoms with Crippen molar-refractivity contribution in [3.05, 3.63) is 41.9 Å². The first-order valence-electron chi connectivity index (χ1n) is 5.65. The molecular weight excluding hydrogens is 234 g/mol. The molecule has 0 saturated carbocycles. The van der Waals surface area contributed by atoms with E-state index in [-0.39, 0.29) is 5.76 Å². The molecule has 0 unspecified atom stereocenters. The summed E-state index contributed by atoms with van der Waals surface area (Å²) in [4.78, 5) is 18.3. The van der Waals surface area contributed by atoms with Gasteiger partial charge in [-0.1, -0.05) is 0 Å². The van der Waals surface area contributed by atoms with Gasteiger partial charge in [-0.2, -0.15) is 0 Å². The van der Waals surface area contributed by atoms with Crippen LogP contribution in [0.15, 0.2) is 28.9 Å². The molecule has 6 heteroatoms. The highest BCUT2D eigenvalue weighted by Crippen LogP contribution is 2.08. The fourth-order valence-electron chi connectivity index (χ4n) is 1.54. The largest absolute Gasteiger partial charge is 0.463 e. The molecule has 0 radical (unpaired) electrons. The van der Waals surface area contributed by atoms with Crippen molar-refractivity contribution in [3.8, 4) is 0 Å². The van der Waals surface area contributed by atoms with Crippen molar-refractivity contribution in [3.63, 3.8) is 0 Å². The summed E-state index contributed by atoms with van der Waals surface area (Å²) in [6.07, 6.45) is 4.34. The molecule has 2 aromatic heterocycles. The molecule has 0 saturated heterocycles. The molecule has 0 aliphatic carbocycles. The van der Waals surface area contributed by atoms with E-state index in [9.17, 15) is 4.79 Å². The topological polar surface area (TPSA) is 80.1 Å². The van der Waals surface area contributed by atoms with Gasteiger partial charge in [0.1, 0.15) is 11.6 Å². The second-order valence-corrected chi connectivity index (χ2v) is 3.72. The lowest BCUT2D eigenvalue weighted by atomic mass is 10.4. The number of ether oxygens (including phenoxy) is 1. The molecule has 0 aromatic carbocycles. The van der Waals surface area contributed by atoms with Gasteiger partial charge in [-0.3, -0.25) is 0 Å². The number of methoxy groups -OCH3 is 1. The van der Waals surface area contributed by atoms with Gasteiger partial charge >= 0.3 is 5.97 Å². The quantitative estimate of drug-likeness (QED) is 0.592. The second-order valence-electron chi connectivity index (χ2n) is 3.72. The molecule has 0 spiro atoms. The van der Waals surface area contributed by atoms with E-state index >= 15 is 0 Å². The van der Waals surface area contributed by atoms with Crippen molar-refractivity contribution in [2.45, 2.75) is 13.0 Å². The number of hydrogen-bond acceptors (Lipinski definition) is 5. The Bertz CT molecular complexity index is 490. The van der Waals surface area contributed by atoms with Crippen LogP contribution in [-0.2, 0) is 17.7 Å². The third-order valence-electron chi connectivity index (χ3n) is 2.44. The molecule has 0 aliphatic rings. The minimum absolute atomic E-state index is 0.223. The molecular formula is C12H15N3O3. The van der Waals surface area contributed by atoms with Crippen LogP contribution in [-0.4, -0.2) is 29.6 Å². The summed E-state index contributed by atoms with van der Waals surface area (Å²) < 4.78 is 9.87. The Hall–Kier alpha value is -2.08. The summed E-state index contributed by atoms with van der Waals surface area (Å²) in [6.45, 7) is 1.35. The van der Waals surface area contributed by atoms with Crippen LogP contribution in [0.4, 0.5) is 0 Å². The van der Waals surface area contributed by atoms with Gasteiger partial charge in [0, 0.05) is 25.4 Å². The molecule has 6 nitrogen and oxygen atoms in total. The molecule has 0 amide bonds. The van der Waals surface area contributed by atoms with Crippen LogP contribution in [0, 0.1) is 0 Å². The molecule has 0 fully saturated rings. The maximum absolute atomic E-state index is 11.2. The number of carbonyl (C=O) groups excluding carboxylic acids is 1. The third-order valence-corrected chi connectivity index (χ3v) is 2.44. The molecule has 96 valence electrons. The van der Waals surface area contributed by atoms with Gasteiger partial charge in [-0.15, -0.1) is 0 Å². The van der Waals surface area contributed by atoms with Gasteiger partial charge < -0.3 is 19.5 Å². The van der Waals surface area contributed by atoms with E-state index in [1.165, 1.54) is 7.11 Å². The molecule has 2 N–H and O–H groups in total. The number of carbonyl (C=O) groups is 1. The first-order chi connectivity index (χ1) is 8.79. The Morgan fingerprint density at radius 3 is 3.17 bits per heavy atom. The van der Waals surface area contributed by atoms with Crippen LogP contribution >= 0.6 is 0 Å². The minimum atomic E-state index is -0.461. The third kappa shape index (κ3) is 3.21. The predicted molar refractivity (Wildman–Crippen MR) is 64.0 cm³/mol. The molecule has 2 heterocycles. The Kier molecular flexibility index (Phi) is 4.14. The van der Waals surface area contributed by atoms with Crippen LogP contribution in [0.3, 0.4) is 0 Å². The average Bonchev–Trinajstić information content (AvgIpc) is 3.05. The number of furan rings is 1. The van der Waals surface area contributed by atoms with Crippen molar-refractivity contribution in [1.82, 2.24) is 15.3 Å². The zero-order valence-corrected chi connectivity index (χ0v) is 10.1. The maximum atomic E-state index is 11.2. The second kappa shape index (κ2) is 6.02. The standard InChI is InChI=1S/C12H15N3O3/c1-17-12(16)10-3-2-9(18-10)8-13-5-4-11-14-6-7-15-11/h2-3,6-7,13H,4-5,8H2,1H3,(H,14,15). The number of imidazole rings is 1. The van der Waals surface area contributed by atoms with Crippen molar-refractivity contribution in [1.29, 1.82) is 0 Å². The van der Waals surface area contributed by atoms with E-state index in [0.717, 1.165) is 18.8 Å². The van der Waals surface area contributed by atoms with Gasteiger partial charge in [0.05, 0.1) is 13.7 Å². The number of nitrogens with zero attached hydrogens (tertiary/aromatic N) is 1. The van der Waals surface area contributed by atoms with Gasteiger partial charge in [0.15, 0.2) is 0 Å². The monoisotopic (exact) mass is 249 g/mol. The Morgan fingerprint density at radius 1 is 1.56 bits per heavy atom. The number of esters is 1. The summed E-state index contributed by atoms with van der Waals surface area (Å²) in [5, 5.41) is 3.20. The van der Waals surface area contributed by atoms with Gasteiger partial charge in [-0.05, 0) is 12.1 Å². The van der Waals surface area contributed by atoms with E-state index in [4.69, 9.17) is 4.42 Å². The first-order valence-corrected chi connectivity index (χ1v) is 5.65. The van der Waals surface area contributed by atoms with Gasteiger partial charge in [-0.25, -0.2) is 9.78 Å². The lowest BCUT2D eigenvalue weighted by Crippen LogP contribution is -2.16. The Balaban J connectivity index is 1.73. The fraction of sp³-hybridized carbons (Fsp3) is 0.333. The normalized spacial score (nSPS) is 10.5. The zero-order valence-electron chi connectivity index (χ0n) is 10.1. The van der Waals surface area contributed by atoms with Gasteiger partial charge in [0.25, 0.3) is 0 Å². The number of hydrogen-bond donors (Lipinski definition) is 2. The van der Waals surface area contributed by atoms with E-state index in [1.54, 1.807) is 24.5 Å². The summed E-state index contributed by atoms with van der Waals surface area (Å²) in [6, 6.07) is 3.36. The van der Waals surface area contributed by atoms with Crippen LogP contribution in [0.1, 0.15) is 22.1 Å². The highest BCUT2D eigenvalue weighted by Gasteiger charge is 2.10. The lowest BCUT2D eigenvalue weighted by Gasteiger charge is -2.00. The Labute approximate surface area is 104 Å². The highest BCUT2D eigenvalue weighted by molar-refractivity contribution is 5.86. The molecule has 2 aromatic rings. The van der Waals surface area contributed by atoms with Crippen LogP contribution < -0.4 is 5.32 Å². The van der Waals surface area contributed by atoms with E-state index in [0.29, 0.717) is 12.3 Å². The van der Waals surface area contributed by atoms with Crippen molar-refractivity contribution in [2.24, 2.45) is 0 Å². The average molecular weight is 249 g/mol. The molecule has 2 rings (SSSR count). The van der Waals surface area contributed by atoms with Gasteiger partial charge in [0.2, 0.25) is 5.76 Å². The first kappa shape index (κ1) is 12.4. The number of H-pyrrole nitrogens is 1. The molecule has 0 atom stereocenters. The molecule has 0 aliphatic heterocycles. The minimum Gasteiger partial charge on any atom is -0.463 e. The number of nitrogens with one attached hydrogen (secondary N) is 2. The Morgan fingerprint density at radius 2 is 2.44 bits per heavy atom. The number of rotatable bonds is 6. The summed E-state index contributed by atoms with van der Waals surface area (Å²) in [5.74, 6) is 1.41. The zero-order chi connectivity index (χ0) is 12.8. The van der Waals surface area contributed by atoms with Crippen LogP contribution in [0.5, 0.6) is 0 Å². The summed E-state index contributed by atoms with van der Waals surface area (Å²) in [7, 11) is 1.33. The van der Waals surface area contributed by atoms with E-state index in [2.05, 4.69) is 20.0 Å². The summed E-state index contributed by atoms with van der Waals surface area (Å²) in [5.41, 5.74) is 0.